The van der Waals surface area contributed by atoms with Crippen LogP contribution in [-0.4, -0.2) is 85.5 Å². The second kappa shape index (κ2) is 14.2. The quantitative estimate of drug-likeness (QED) is 0.119. The second-order valence-corrected chi connectivity index (χ2v) is 11.9. The van der Waals surface area contributed by atoms with Crippen LogP contribution in [0.5, 0.6) is 0 Å². The first kappa shape index (κ1) is 34.7. The van der Waals surface area contributed by atoms with Gasteiger partial charge in [-0.2, -0.15) is 17.9 Å². The number of nitrogens with zero attached hydrogens (tertiary/aromatic N) is 6. The van der Waals surface area contributed by atoms with Crippen LogP contribution in [0.4, 0.5) is 29.5 Å². The molecular formula is C28H25F4N11O5S. The third-order valence-corrected chi connectivity index (χ3v) is 8.02. The molecule has 5 aromatic rings. The Kier molecular flexibility index (Phi) is 10.1. The van der Waals surface area contributed by atoms with Crippen molar-refractivity contribution in [3.05, 3.63) is 66.6 Å². The van der Waals surface area contributed by atoms with Gasteiger partial charge in [-0.25, -0.2) is 17.8 Å². The number of pyridine rings is 2. The number of aromatic nitrogens is 8. The van der Waals surface area contributed by atoms with Crippen molar-refractivity contribution in [1.29, 1.82) is 0 Å². The molecule has 0 aliphatic carbocycles. The number of anilines is 2. The minimum Gasteiger partial charge on any atom is -0.359 e. The zero-order valence-corrected chi connectivity index (χ0v) is 26.1. The lowest BCUT2D eigenvalue weighted by Crippen LogP contribution is -2.42. The summed E-state index contributed by atoms with van der Waals surface area (Å²) in [5.41, 5.74) is 0.987. The van der Waals surface area contributed by atoms with Gasteiger partial charge >= 0.3 is 6.18 Å². The highest BCUT2D eigenvalue weighted by atomic mass is 32.2. The molecule has 5 rings (SSSR count). The number of halogens is 4. The predicted octanol–water partition coefficient (Wildman–Crippen LogP) is 3.06. The largest absolute Gasteiger partial charge is 0.411 e. The number of sulfonamides is 1. The molecule has 16 nitrogen and oxygen atoms in total. The number of rotatable bonds is 12. The average molecular weight is 704 g/mol. The maximum absolute atomic E-state index is 14.9. The lowest BCUT2D eigenvalue weighted by molar-refractivity contribution is -0.184. The number of alkyl halides is 3. The van der Waals surface area contributed by atoms with Gasteiger partial charge in [-0.1, -0.05) is 12.1 Å². The van der Waals surface area contributed by atoms with Crippen molar-refractivity contribution >= 4 is 33.7 Å². The van der Waals surface area contributed by atoms with Crippen molar-refractivity contribution in [2.45, 2.75) is 37.1 Å². The minimum absolute atomic E-state index is 0.0383. The predicted molar refractivity (Wildman–Crippen MR) is 163 cm³/mol. The summed E-state index contributed by atoms with van der Waals surface area (Å²) in [4.78, 5) is 38.1. The van der Waals surface area contributed by atoms with E-state index in [2.05, 4.69) is 60.4 Å². The first-order valence-electron chi connectivity index (χ1n) is 14.0. The zero-order chi connectivity index (χ0) is 35.3. The fourth-order valence-electron chi connectivity index (χ4n) is 4.05. The van der Waals surface area contributed by atoms with E-state index in [1.165, 1.54) is 31.2 Å². The van der Waals surface area contributed by atoms with Crippen LogP contribution in [0, 0.1) is 5.82 Å². The van der Waals surface area contributed by atoms with Crippen LogP contribution in [-0.2, 0) is 24.3 Å². The van der Waals surface area contributed by atoms with Crippen molar-refractivity contribution in [2.75, 3.05) is 17.2 Å². The summed E-state index contributed by atoms with van der Waals surface area (Å²) in [5.74, 6) is -2.80. The summed E-state index contributed by atoms with van der Waals surface area (Å²) in [6.07, 6.45) is -4.53. The Hall–Kier alpha value is -5.67. The maximum Gasteiger partial charge on any atom is 0.411 e. The van der Waals surface area contributed by atoms with Gasteiger partial charge in [0.1, 0.15) is 34.8 Å². The smallest absolute Gasteiger partial charge is 0.359 e. The van der Waals surface area contributed by atoms with E-state index in [4.69, 9.17) is 0 Å². The molecule has 0 saturated heterocycles. The molecule has 0 aliphatic heterocycles. The third kappa shape index (κ3) is 8.82. The van der Waals surface area contributed by atoms with Crippen LogP contribution < -0.4 is 15.4 Å². The van der Waals surface area contributed by atoms with E-state index < -0.39 is 57.5 Å². The number of nitrogens with one attached hydrogen (secondary N) is 5. The van der Waals surface area contributed by atoms with E-state index in [0.717, 1.165) is 19.1 Å². The standard InChI is InChI=1S/C28H25F4N11O5S/c1-14(24(44)37-26-35-22(39-41-26)19-6-3-4-11-33-19)43-49(46,47)21-12-16(9-10-17(21)29)18-7-5-8-20(34-18)23-36-27(42-40-23)38-25(45)15(2)48-13-28(30,31)32/h3-12,14-15,43H,13H2,1-2H3,(H2,35,37,39,41,44)(H2,36,38,40,42,45)/t14-,15?/m0/s1. The summed E-state index contributed by atoms with van der Waals surface area (Å²) >= 11 is 0. The van der Waals surface area contributed by atoms with Gasteiger partial charge in [-0.05, 0) is 56.3 Å². The molecule has 0 spiro atoms. The molecule has 4 aromatic heterocycles. The van der Waals surface area contributed by atoms with Crippen LogP contribution in [0.2, 0.25) is 0 Å². The number of benzene rings is 1. The number of aromatic amines is 2. The summed E-state index contributed by atoms with van der Waals surface area (Å²) in [5, 5.41) is 19.9. The highest BCUT2D eigenvalue weighted by Crippen LogP contribution is 2.26. The van der Waals surface area contributed by atoms with Gasteiger partial charge < -0.3 is 14.7 Å². The molecule has 0 saturated carbocycles. The number of amides is 2. The van der Waals surface area contributed by atoms with E-state index in [1.54, 1.807) is 24.4 Å². The van der Waals surface area contributed by atoms with Crippen molar-refractivity contribution in [3.63, 3.8) is 0 Å². The highest BCUT2D eigenvalue weighted by molar-refractivity contribution is 7.89. The summed E-state index contributed by atoms with van der Waals surface area (Å²) in [7, 11) is -4.60. The SMILES string of the molecule is CC(OCC(F)(F)F)C(=O)Nc1nnc(-c2cccc(-c3ccc(F)c(S(=O)(=O)N[C@@H](C)C(=O)Nc4nnc(-c5ccccn5)[nH]4)c3)n2)[nH]1. The topological polar surface area (TPSA) is 223 Å². The first-order chi connectivity index (χ1) is 23.2. The van der Waals surface area contributed by atoms with Gasteiger partial charge in [0.15, 0.2) is 11.6 Å². The van der Waals surface area contributed by atoms with E-state index >= 15 is 0 Å². The van der Waals surface area contributed by atoms with E-state index in [9.17, 15) is 35.6 Å². The van der Waals surface area contributed by atoms with Crippen LogP contribution in [0.15, 0.2) is 65.7 Å². The van der Waals surface area contributed by atoms with Gasteiger partial charge in [0.25, 0.3) is 5.91 Å². The maximum atomic E-state index is 14.9. The van der Waals surface area contributed by atoms with Crippen LogP contribution in [0.3, 0.4) is 0 Å². The van der Waals surface area contributed by atoms with Crippen molar-refractivity contribution in [3.8, 4) is 34.3 Å². The van der Waals surface area contributed by atoms with E-state index in [-0.39, 0.29) is 40.5 Å². The summed E-state index contributed by atoms with van der Waals surface area (Å²) < 4.78 is 85.0. The van der Waals surface area contributed by atoms with Gasteiger partial charge in [-0.15, -0.1) is 20.4 Å². The first-order valence-corrected chi connectivity index (χ1v) is 15.5. The summed E-state index contributed by atoms with van der Waals surface area (Å²) in [6.45, 7) is 0.763. The molecule has 1 aromatic carbocycles. The number of H-pyrrole nitrogens is 2. The summed E-state index contributed by atoms with van der Waals surface area (Å²) in [6, 6.07) is 11.5. The van der Waals surface area contributed by atoms with Crippen molar-refractivity contribution < 1.29 is 40.3 Å². The number of carbonyl (C=O) groups excluding carboxylic acids is 2. The number of hydrogen-bond donors (Lipinski definition) is 5. The molecule has 4 heterocycles. The molecule has 0 aliphatic rings. The number of carbonyl (C=O) groups is 2. The van der Waals surface area contributed by atoms with Crippen LogP contribution in [0.1, 0.15) is 13.8 Å². The van der Waals surface area contributed by atoms with Gasteiger partial charge in [0, 0.05) is 11.8 Å². The molecule has 5 N–H and O–H groups in total. The minimum atomic E-state index is -4.61. The van der Waals surface area contributed by atoms with Crippen LogP contribution >= 0.6 is 0 Å². The van der Waals surface area contributed by atoms with Crippen molar-refractivity contribution in [2.24, 2.45) is 0 Å². The number of hydrogen-bond acceptors (Lipinski definition) is 11. The van der Waals surface area contributed by atoms with Crippen molar-refractivity contribution in [1.82, 2.24) is 45.1 Å². The molecule has 2 atom stereocenters. The Labute approximate surface area is 274 Å². The number of ether oxygens (including phenoxy) is 1. The van der Waals surface area contributed by atoms with Crippen LogP contribution in [0.25, 0.3) is 34.3 Å². The Morgan fingerprint density at radius 1 is 0.857 bits per heavy atom. The molecule has 0 radical (unpaired) electrons. The lowest BCUT2D eigenvalue weighted by atomic mass is 10.1. The Balaban J connectivity index is 1.26. The normalized spacial score (nSPS) is 13.1. The Morgan fingerprint density at radius 2 is 1.49 bits per heavy atom. The van der Waals surface area contributed by atoms with Gasteiger partial charge in [0.05, 0.1) is 11.7 Å². The fourth-order valence-corrected chi connectivity index (χ4v) is 5.36. The average Bonchev–Trinajstić information content (AvgIpc) is 3.73. The Bertz CT molecular complexity index is 2070. The molecule has 21 heteroatoms. The molecule has 0 fully saturated rings. The van der Waals surface area contributed by atoms with E-state index in [0.29, 0.717) is 5.69 Å². The Morgan fingerprint density at radius 3 is 2.14 bits per heavy atom. The van der Waals surface area contributed by atoms with E-state index in [1.807, 2.05) is 0 Å². The third-order valence-electron chi connectivity index (χ3n) is 6.46. The zero-order valence-electron chi connectivity index (χ0n) is 25.3. The molecule has 0 bridgehead atoms. The molecule has 1 unspecified atom stereocenters. The fraction of sp³-hybridized carbons (Fsp3) is 0.214. The second-order valence-electron chi connectivity index (χ2n) is 10.2. The monoisotopic (exact) mass is 703 g/mol. The molecule has 49 heavy (non-hydrogen) atoms. The van der Waals surface area contributed by atoms with Gasteiger partial charge in [0.2, 0.25) is 27.8 Å². The van der Waals surface area contributed by atoms with Gasteiger partial charge in [-0.3, -0.25) is 25.2 Å². The molecule has 2 amide bonds. The highest BCUT2D eigenvalue weighted by Gasteiger charge is 2.30. The molecular weight excluding hydrogens is 678 g/mol. The lowest BCUT2D eigenvalue weighted by Gasteiger charge is -2.14. The molecule has 256 valence electrons.